The Balaban J connectivity index is 1.90. The highest BCUT2D eigenvalue weighted by Crippen LogP contribution is 2.26. The molecule has 208 valence electrons. The van der Waals surface area contributed by atoms with Crippen molar-refractivity contribution in [3.05, 3.63) is 99.5 Å². The third kappa shape index (κ3) is 9.29. The fourth-order valence-electron chi connectivity index (χ4n) is 4.09. The lowest BCUT2D eigenvalue weighted by Gasteiger charge is -2.32. The van der Waals surface area contributed by atoms with E-state index in [1.54, 1.807) is 17.0 Å². The van der Waals surface area contributed by atoms with E-state index < -0.39 is 6.04 Å². The molecule has 0 radical (unpaired) electrons. The molecule has 0 heterocycles. The minimum atomic E-state index is -0.750. The van der Waals surface area contributed by atoms with Gasteiger partial charge >= 0.3 is 0 Å². The number of hydrogen-bond donors (Lipinski definition) is 1. The second kappa shape index (κ2) is 13.9. The molecular formula is C32H38Cl2N2O3. The maximum atomic E-state index is 13.7. The lowest BCUT2D eigenvalue weighted by molar-refractivity contribution is -0.142. The van der Waals surface area contributed by atoms with E-state index in [0.717, 1.165) is 11.1 Å². The summed E-state index contributed by atoms with van der Waals surface area (Å²) in [4.78, 5) is 28.8. The highest BCUT2D eigenvalue weighted by atomic mass is 35.5. The minimum Gasteiger partial charge on any atom is -0.484 e. The van der Waals surface area contributed by atoms with E-state index in [9.17, 15) is 9.59 Å². The van der Waals surface area contributed by atoms with Crippen LogP contribution in [0.5, 0.6) is 5.75 Å². The molecule has 0 aliphatic carbocycles. The number of halogens is 2. The van der Waals surface area contributed by atoms with Crippen molar-refractivity contribution in [3.63, 3.8) is 0 Å². The average Bonchev–Trinajstić information content (AvgIpc) is 2.90. The van der Waals surface area contributed by atoms with Crippen molar-refractivity contribution in [1.29, 1.82) is 0 Å². The molecule has 1 atom stereocenters. The van der Waals surface area contributed by atoms with Crippen molar-refractivity contribution in [2.45, 2.75) is 59.0 Å². The van der Waals surface area contributed by atoms with Crippen LogP contribution in [-0.4, -0.2) is 35.9 Å². The molecule has 0 spiro atoms. The Morgan fingerprint density at radius 1 is 0.897 bits per heavy atom. The fourth-order valence-corrected chi connectivity index (χ4v) is 4.41. The van der Waals surface area contributed by atoms with Gasteiger partial charge in [0.05, 0.1) is 10.0 Å². The average molecular weight is 570 g/mol. The first-order chi connectivity index (χ1) is 18.4. The second-order valence-corrected chi connectivity index (χ2v) is 12.0. The van der Waals surface area contributed by atoms with Crippen molar-refractivity contribution in [2.75, 3.05) is 13.2 Å². The monoisotopic (exact) mass is 568 g/mol. The Morgan fingerprint density at radius 2 is 1.56 bits per heavy atom. The highest BCUT2D eigenvalue weighted by molar-refractivity contribution is 6.42. The van der Waals surface area contributed by atoms with Crippen LogP contribution in [0.15, 0.2) is 72.8 Å². The number of hydrogen-bond acceptors (Lipinski definition) is 3. The Bertz CT molecular complexity index is 1240. The summed E-state index contributed by atoms with van der Waals surface area (Å²) in [7, 11) is 0. The predicted molar refractivity (Wildman–Crippen MR) is 159 cm³/mol. The van der Waals surface area contributed by atoms with E-state index in [1.165, 1.54) is 5.56 Å². The fraction of sp³-hybridized carbons (Fsp3) is 0.375. The zero-order valence-corrected chi connectivity index (χ0v) is 24.9. The summed E-state index contributed by atoms with van der Waals surface area (Å²) in [6.45, 7) is 11.0. The molecule has 3 aromatic rings. The second-order valence-electron chi connectivity index (χ2n) is 11.2. The number of amides is 2. The van der Waals surface area contributed by atoms with E-state index >= 15 is 0 Å². The molecule has 0 aliphatic rings. The molecule has 39 heavy (non-hydrogen) atoms. The van der Waals surface area contributed by atoms with Gasteiger partial charge in [-0.3, -0.25) is 9.59 Å². The molecule has 7 heteroatoms. The van der Waals surface area contributed by atoms with E-state index in [1.807, 2.05) is 74.5 Å². The van der Waals surface area contributed by atoms with Gasteiger partial charge in [0.2, 0.25) is 5.91 Å². The number of benzene rings is 3. The summed E-state index contributed by atoms with van der Waals surface area (Å²) in [6.07, 6.45) is 0.359. The summed E-state index contributed by atoms with van der Waals surface area (Å²) in [6, 6.07) is 21.9. The van der Waals surface area contributed by atoms with E-state index in [-0.39, 0.29) is 36.3 Å². The lowest BCUT2D eigenvalue weighted by atomic mass is 9.87. The molecule has 3 rings (SSSR count). The number of nitrogens with zero attached hydrogens (tertiary/aromatic N) is 1. The van der Waals surface area contributed by atoms with Gasteiger partial charge in [0.15, 0.2) is 6.61 Å². The van der Waals surface area contributed by atoms with Gasteiger partial charge in [-0.1, -0.05) is 106 Å². The van der Waals surface area contributed by atoms with Gasteiger partial charge in [-0.2, -0.15) is 0 Å². The highest BCUT2D eigenvalue weighted by Gasteiger charge is 2.31. The standard InChI is InChI=1S/C32H38Cl2N2O3/c1-22(2)19-35-31(38)29(18-23-9-7-6-8-10-23)36(20-24-11-16-27(33)28(34)17-24)30(37)21-39-26-14-12-25(13-15-26)32(3,4)5/h6-17,22,29H,18-21H2,1-5H3,(H,35,38)/t29-/m0/s1. The van der Waals surface area contributed by atoms with Crippen LogP contribution >= 0.6 is 23.2 Å². The molecule has 0 aliphatic heterocycles. The van der Waals surface area contributed by atoms with Crippen LogP contribution in [0.25, 0.3) is 0 Å². The smallest absolute Gasteiger partial charge is 0.261 e. The summed E-state index contributed by atoms with van der Waals surface area (Å²) in [5, 5.41) is 3.83. The van der Waals surface area contributed by atoms with Crippen molar-refractivity contribution in [3.8, 4) is 5.75 Å². The van der Waals surface area contributed by atoms with Crippen LogP contribution in [-0.2, 0) is 28.0 Å². The Kier molecular flexibility index (Phi) is 10.8. The van der Waals surface area contributed by atoms with Crippen molar-refractivity contribution in [2.24, 2.45) is 5.92 Å². The maximum absolute atomic E-state index is 13.7. The molecule has 1 N–H and O–H groups in total. The Labute approximate surface area is 242 Å². The molecule has 0 unspecified atom stereocenters. The topological polar surface area (TPSA) is 58.6 Å². The molecule has 5 nitrogen and oxygen atoms in total. The Morgan fingerprint density at radius 3 is 2.15 bits per heavy atom. The summed E-state index contributed by atoms with van der Waals surface area (Å²) in [5.74, 6) is 0.344. The van der Waals surface area contributed by atoms with Crippen LogP contribution in [0.2, 0.25) is 10.0 Å². The first kappa shape index (κ1) is 30.5. The first-order valence-electron chi connectivity index (χ1n) is 13.2. The van der Waals surface area contributed by atoms with E-state index in [0.29, 0.717) is 28.8 Å². The van der Waals surface area contributed by atoms with Gasteiger partial charge in [-0.25, -0.2) is 0 Å². The number of nitrogens with one attached hydrogen (secondary N) is 1. The SMILES string of the molecule is CC(C)CNC(=O)[C@H](Cc1ccccc1)N(Cc1ccc(Cl)c(Cl)c1)C(=O)COc1ccc(C(C)(C)C)cc1. The van der Waals surface area contributed by atoms with Crippen LogP contribution in [0.3, 0.4) is 0 Å². The molecule has 0 fully saturated rings. The summed E-state index contributed by atoms with van der Waals surface area (Å²) >= 11 is 12.4. The zero-order chi connectivity index (χ0) is 28.6. The van der Waals surface area contributed by atoms with Crippen molar-refractivity contribution >= 4 is 35.0 Å². The van der Waals surface area contributed by atoms with Gasteiger partial charge < -0.3 is 15.0 Å². The van der Waals surface area contributed by atoms with Gasteiger partial charge in [0.25, 0.3) is 5.91 Å². The lowest BCUT2D eigenvalue weighted by Crippen LogP contribution is -2.52. The van der Waals surface area contributed by atoms with Gasteiger partial charge in [-0.15, -0.1) is 0 Å². The van der Waals surface area contributed by atoms with Crippen molar-refractivity contribution < 1.29 is 14.3 Å². The molecule has 0 saturated carbocycles. The quantitative estimate of drug-likeness (QED) is 0.269. The third-order valence-electron chi connectivity index (χ3n) is 6.38. The van der Waals surface area contributed by atoms with Crippen LogP contribution in [0.4, 0.5) is 0 Å². The third-order valence-corrected chi connectivity index (χ3v) is 7.11. The maximum Gasteiger partial charge on any atom is 0.261 e. The normalized spacial score (nSPS) is 12.2. The van der Waals surface area contributed by atoms with Gasteiger partial charge in [-0.05, 0) is 52.3 Å². The number of rotatable bonds is 11. The van der Waals surface area contributed by atoms with E-state index in [4.69, 9.17) is 27.9 Å². The van der Waals surface area contributed by atoms with Crippen LogP contribution < -0.4 is 10.1 Å². The first-order valence-corrected chi connectivity index (χ1v) is 14.0. The summed E-state index contributed by atoms with van der Waals surface area (Å²) in [5.41, 5.74) is 2.90. The minimum absolute atomic E-state index is 0.0129. The number of carbonyl (C=O) groups excluding carboxylic acids is 2. The molecular weight excluding hydrogens is 531 g/mol. The Hall–Kier alpha value is -3.02. The van der Waals surface area contributed by atoms with E-state index in [2.05, 4.69) is 26.1 Å². The van der Waals surface area contributed by atoms with Crippen molar-refractivity contribution in [1.82, 2.24) is 10.2 Å². The summed E-state index contributed by atoms with van der Waals surface area (Å²) < 4.78 is 5.91. The van der Waals surface area contributed by atoms with Gasteiger partial charge in [0, 0.05) is 19.5 Å². The predicted octanol–water partition coefficient (Wildman–Crippen LogP) is 7.08. The molecule has 0 aromatic heterocycles. The number of ether oxygens (including phenoxy) is 1. The number of carbonyl (C=O) groups is 2. The van der Waals surface area contributed by atoms with Crippen LogP contribution in [0, 0.1) is 5.92 Å². The molecule has 0 saturated heterocycles. The van der Waals surface area contributed by atoms with Gasteiger partial charge in [0.1, 0.15) is 11.8 Å². The largest absolute Gasteiger partial charge is 0.484 e. The molecule has 2 amide bonds. The zero-order valence-electron chi connectivity index (χ0n) is 23.3. The molecule has 0 bridgehead atoms. The molecule has 3 aromatic carbocycles. The van der Waals surface area contributed by atoms with Crippen LogP contribution in [0.1, 0.15) is 51.3 Å².